The molecular formula is C24H22O4. The van der Waals surface area contributed by atoms with Gasteiger partial charge in [0.25, 0.3) is 0 Å². The summed E-state index contributed by atoms with van der Waals surface area (Å²) in [6, 6.07) is 26.0. The Labute approximate surface area is 164 Å². The summed E-state index contributed by atoms with van der Waals surface area (Å²) in [5.41, 5.74) is 2.64. The minimum absolute atomic E-state index is 0.299. The zero-order valence-corrected chi connectivity index (χ0v) is 15.5. The number of hydrogen-bond acceptors (Lipinski definition) is 4. The molecule has 0 radical (unpaired) electrons. The molecule has 0 saturated heterocycles. The second-order valence-electron chi connectivity index (χ2n) is 6.36. The van der Waals surface area contributed by atoms with E-state index in [0.717, 1.165) is 11.1 Å². The van der Waals surface area contributed by atoms with Gasteiger partial charge in [-0.15, -0.1) is 0 Å². The van der Waals surface area contributed by atoms with Crippen LogP contribution in [0.2, 0.25) is 0 Å². The minimum atomic E-state index is -0.391. The number of esters is 2. The fourth-order valence-electron chi connectivity index (χ4n) is 2.72. The Balaban J connectivity index is 1.43. The van der Waals surface area contributed by atoms with Crippen molar-refractivity contribution < 1.29 is 19.1 Å². The van der Waals surface area contributed by atoms with Crippen molar-refractivity contribution in [3.63, 3.8) is 0 Å². The standard InChI is InChI=1S/C24H22O4/c25-23(16-11-19-7-3-1-4-8-19)28-22-14-12-21(13-15-22)24(26)27-18-17-20-9-5-2-6-10-20/h1-10,12-15H,11,16-18H2. The van der Waals surface area contributed by atoms with E-state index in [9.17, 15) is 9.59 Å². The van der Waals surface area contributed by atoms with E-state index < -0.39 is 5.97 Å². The van der Waals surface area contributed by atoms with Gasteiger partial charge in [-0.25, -0.2) is 4.79 Å². The normalized spacial score (nSPS) is 10.3. The van der Waals surface area contributed by atoms with E-state index >= 15 is 0 Å². The van der Waals surface area contributed by atoms with Gasteiger partial charge in [0.15, 0.2) is 0 Å². The van der Waals surface area contributed by atoms with Crippen LogP contribution in [-0.2, 0) is 22.4 Å². The van der Waals surface area contributed by atoms with Crippen molar-refractivity contribution in [3.8, 4) is 5.75 Å². The fraction of sp³-hybridized carbons (Fsp3) is 0.167. The third-order valence-electron chi connectivity index (χ3n) is 4.25. The Morgan fingerprint density at radius 3 is 1.86 bits per heavy atom. The Morgan fingerprint density at radius 2 is 1.25 bits per heavy atom. The Bertz CT molecular complexity index is 887. The average Bonchev–Trinajstić information content (AvgIpc) is 2.74. The molecule has 0 atom stereocenters. The van der Waals surface area contributed by atoms with Crippen LogP contribution in [0.1, 0.15) is 27.9 Å². The van der Waals surface area contributed by atoms with E-state index in [-0.39, 0.29) is 5.97 Å². The largest absolute Gasteiger partial charge is 0.462 e. The van der Waals surface area contributed by atoms with Crippen molar-refractivity contribution in [2.45, 2.75) is 19.3 Å². The number of rotatable bonds is 8. The molecule has 0 unspecified atom stereocenters. The third-order valence-corrected chi connectivity index (χ3v) is 4.25. The quantitative estimate of drug-likeness (QED) is 0.426. The molecule has 0 heterocycles. The van der Waals surface area contributed by atoms with Crippen LogP contribution in [0.3, 0.4) is 0 Å². The van der Waals surface area contributed by atoms with Gasteiger partial charge in [-0.2, -0.15) is 0 Å². The van der Waals surface area contributed by atoms with Crippen molar-refractivity contribution in [1.82, 2.24) is 0 Å². The number of aryl methyl sites for hydroxylation is 1. The maximum Gasteiger partial charge on any atom is 0.338 e. The van der Waals surface area contributed by atoms with Crippen LogP contribution in [-0.4, -0.2) is 18.5 Å². The van der Waals surface area contributed by atoms with Gasteiger partial charge in [0, 0.05) is 12.8 Å². The lowest BCUT2D eigenvalue weighted by atomic mass is 10.1. The predicted molar refractivity (Wildman–Crippen MR) is 107 cm³/mol. The summed E-state index contributed by atoms with van der Waals surface area (Å²) in [7, 11) is 0. The summed E-state index contributed by atoms with van der Waals surface area (Å²) < 4.78 is 10.6. The predicted octanol–water partition coefficient (Wildman–Crippen LogP) is 4.62. The first kappa shape index (κ1) is 19.4. The number of ether oxygens (including phenoxy) is 2. The molecule has 28 heavy (non-hydrogen) atoms. The molecule has 142 valence electrons. The molecule has 0 saturated carbocycles. The molecule has 0 spiro atoms. The van der Waals surface area contributed by atoms with E-state index in [1.165, 1.54) is 0 Å². The third kappa shape index (κ3) is 6.09. The van der Waals surface area contributed by atoms with Crippen molar-refractivity contribution in [1.29, 1.82) is 0 Å². The molecule has 3 aromatic carbocycles. The Kier molecular flexibility index (Phi) is 6.96. The lowest BCUT2D eigenvalue weighted by molar-refractivity contribution is -0.134. The molecule has 0 amide bonds. The van der Waals surface area contributed by atoms with Crippen molar-refractivity contribution >= 4 is 11.9 Å². The highest BCUT2D eigenvalue weighted by Crippen LogP contribution is 2.14. The van der Waals surface area contributed by atoms with E-state index in [1.807, 2.05) is 60.7 Å². The van der Waals surface area contributed by atoms with Crippen LogP contribution in [0, 0.1) is 0 Å². The average molecular weight is 374 g/mol. The van der Waals surface area contributed by atoms with E-state index in [4.69, 9.17) is 9.47 Å². The van der Waals surface area contributed by atoms with E-state index in [1.54, 1.807) is 24.3 Å². The van der Waals surface area contributed by atoms with Gasteiger partial charge < -0.3 is 9.47 Å². The first-order valence-corrected chi connectivity index (χ1v) is 9.26. The first-order chi connectivity index (χ1) is 13.7. The molecule has 0 N–H and O–H groups in total. The van der Waals surface area contributed by atoms with Gasteiger partial charge in [-0.1, -0.05) is 60.7 Å². The highest BCUT2D eigenvalue weighted by atomic mass is 16.5. The van der Waals surface area contributed by atoms with Gasteiger partial charge in [0.2, 0.25) is 0 Å². The first-order valence-electron chi connectivity index (χ1n) is 9.26. The maximum absolute atomic E-state index is 12.1. The molecule has 0 aromatic heterocycles. The van der Waals surface area contributed by atoms with Crippen molar-refractivity contribution in [2.24, 2.45) is 0 Å². The van der Waals surface area contributed by atoms with E-state index in [0.29, 0.717) is 37.2 Å². The number of hydrogen-bond donors (Lipinski definition) is 0. The summed E-state index contributed by atoms with van der Waals surface area (Å²) >= 11 is 0. The monoisotopic (exact) mass is 374 g/mol. The summed E-state index contributed by atoms with van der Waals surface area (Å²) in [5, 5.41) is 0. The molecule has 4 nitrogen and oxygen atoms in total. The summed E-state index contributed by atoms with van der Waals surface area (Å²) in [6.45, 7) is 0.319. The lowest BCUT2D eigenvalue weighted by Crippen LogP contribution is -2.10. The van der Waals surface area contributed by atoms with Gasteiger partial charge >= 0.3 is 11.9 Å². The SMILES string of the molecule is O=C(CCc1ccccc1)Oc1ccc(C(=O)OCCc2ccccc2)cc1. The highest BCUT2D eigenvalue weighted by molar-refractivity contribution is 5.89. The van der Waals surface area contributed by atoms with Crippen LogP contribution in [0.4, 0.5) is 0 Å². The molecule has 3 aromatic rings. The minimum Gasteiger partial charge on any atom is -0.462 e. The number of carbonyl (C=O) groups is 2. The zero-order valence-electron chi connectivity index (χ0n) is 15.5. The molecule has 4 heteroatoms. The Hall–Kier alpha value is -3.40. The molecule has 0 aliphatic heterocycles. The molecule has 0 bridgehead atoms. The second kappa shape index (κ2) is 10.1. The molecule has 0 aliphatic carbocycles. The summed E-state index contributed by atoms with van der Waals surface area (Å²) in [6.07, 6.45) is 1.60. The van der Waals surface area contributed by atoms with Gasteiger partial charge in [-0.3, -0.25) is 4.79 Å². The lowest BCUT2D eigenvalue weighted by Gasteiger charge is -2.07. The van der Waals surface area contributed by atoms with Crippen molar-refractivity contribution in [3.05, 3.63) is 102 Å². The van der Waals surface area contributed by atoms with Gasteiger partial charge in [-0.05, 0) is 41.8 Å². The smallest absolute Gasteiger partial charge is 0.338 e. The molecule has 3 rings (SSSR count). The summed E-state index contributed by atoms with van der Waals surface area (Å²) in [5.74, 6) is -0.279. The van der Waals surface area contributed by atoms with Crippen LogP contribution < -0.4 is 4.74 Å². The van der Waals surface area contributed by atoms with Crippen LogP contribution >= 0.6 is 0 Å². The van der Waals surface area contributed by atoms with Gasteiger partial charge in [0.1, 0.15) is 5.75 Å². The van der Waals surface area contributed by atoms with Gasteiger partial charge in [0.05, 0.1) is 12.2 Å². The maximum atomic E-state index is 12.1. The van der Waals surface area contributed by atoms with E-state index in [2.05, 4.69) is 0 Å². The topological polar surface area (TPSA) is 52.6 Å². The molecule has 0 fully saturated rings. The Morgan fingerprint density at radius 1 is 0.679 bits per heavy atom. The van der Waals surface area contributed by atoms with Crippen LogP contribution in [0.5, 0.6) is 5.75 Å². The number of carbonyl (C=O) groups excluding carboxylic acids is 2. The molecular weight excluding hydrogens is 352 g/mol. The number of benzene rings is 3. The fourth-order valence-corrected chi connectivity index (χ4v) is 2.72. The van der Waals surface area contributed by atoms with Crippen molar-refractivity contribution in [2.75, 3.05) is 6.61 Å². The summed E-state index contributed by atoms with van der Waals surface area (Å²) in [4.78, 5) is 24.1. The second-order valence-corrected chi connectivity index (χ2v) is 6.36. The molecule has 0 aliphatic rings. The highest BCUT2D eigenvalue weighted by Gasteiger charge is 2.09. The van der Waals surface area contributed by atoms with Crippen LogP contribution in [0.25, 0.3) is 0 Å². The van der Waals surface area contributed by atoms with Crippen LogP contribution in [0.15, 0.2) is 84.9 Å². The zero-order chi connectivity index (χ0) is 19.6.